The van der Waals surface area contributed by atoms with Gasteiger partial charge in [0.1, 0.15) is 0 Å². The molecule has 2 rings (SSSR count). The van der Waals surface area contributed by atoms with E-state index >= 15 is 0 Å². The Bertz CT molecular complexity index is 696. The Labute approximate surface area is 134 Å². The zero-order valence-corrected chi connectivity index (χ0v) is 13.6. The molecule has 0 saturated heterocycles. The zero-order valence-electron chi connectivity index (χ0n) is 12.8. The fourth-order valence-corrected chi connectivity index (χ4v) is 2.70. The molecule has 0 aromatic heterocycles. The molecule has 0 unspecified atom stereocenters. The lowest BCUT2D eigenvalue weighted by Gasteiger charge is -2.11. The van der Waals surface area contributed by atoms with Crippen LogP contribution in [0.3, 0.4) is 0 Å². The van der Waals surface area contributed by atoms with E-state index in [1.54, 1.807) is 11.8 Å². The van der Waals surface area contributed by atoms with Gasteiger partial charge in [-0.1, -0.05) is 18.2 Å². The maximum absolute atomic E-state index is 11.2. The minimum absolute atomic E-state index is 0.0808. The summed E-state index contributed by atoms with van der Waals surface area (Å²) in [5.74, 6) is -0.167. The molecule has 2 amide bonds. The van der Waals surface area contributed by atoms with Gasteiger partial charge >= 0.3 is 0 Å². The largest absolute Gasteiger partial charge is 0.326 e. The first kappa shape index (κ1) is 16.1. The van der Waals surface area contributed by atoms with Crippen molar-refractivity contribution in [2.45, 2.75) is 18.7 Å². The van der Waals surface area contributed by atoms with E-state index in [-0.39, 0.29) is 11.8 Å². The Hall–Kier alpha value is -2.27. The molecule has 0 aliphatic heterocycles. The summed E-state index contributed by atoms with van der Waals surface area (Å²) >= 11 is 1.59. The van der Waals surface area contributed by atoms with Gasteiger partial charge in [0.2, 0.25) is 11.8 Å². The van der Waals surface area contributed by atoms with Crippen molar-refractivity contribution < 1.29 is 9.59 Å². The molecule has 22 heavy (non-hydrogen) atoms. The minimum Gasteiger partial charge on any atom is -0.326 e. The van der Waals surface area contributed by atoms with Gasteiger partial charge in [0, 0.05) is 24.4 Å². The van der Waals surface area contributed by atoms with Crippen molar-refractivity contribution in [3.8, 4) is 11.1 Å². The van der Waals surface area contributed by atoms with Crippen molar-refractivity contribution in [2.75, 3.05) is 16.9 Å². The fourth-order valence-electron chi connectivity index (χ4n) is 2.11. The van der Waals surface area contributed by atoms with E-state index in [1.165, 1.54) is 13.8 Å². The molecular weight excluding hydrogens is 296 g/mol. The standard InChI is InChI=1S/C17H18N2O2S/c1-11(20)18-15-7-4-13(5-8-15)14-6-9-16(19-12(2)21)17(10-14)22-3/h4-10H,1-3H3,(H,18,20)(H,19,21). The minimum atomic E-state index is -0.0860. The van der Waals surface area contributed by atoms with Crippen LogP contribution in [0.2, 0.25) is 0 Å². The van der Waals surface area contributed by atoms with Gasteiger partial charge in [-0.15, -0.1) is 11.8 Å². The Morgan fingerprint density at radius 1 is 0.864 bits per heavy atom. The molecule has 5 heteroatoms. The zero-order chi connectivity index (χ0) is 16.1. The molecule has 0 spiro atoms. The quantitative estimate of drug-likeness (QED) is 0.839. The summed E-state index contributed by atoms with van der Waals surface area (Å²) < 4.78 is 0. The van der Waals surface area contributed by atoms with Crippen LogP contribution >= 0.6 is 11.8 Å². The number of anilines is 2. The SMILES string of the molecule is CSc1cc(-c2ccc(NC(C)=O)cc2)ccc1NC(C)=O. The fraction of sp³-hybridized carbons (Fsp3) is 0.176. The maximum Gasteiger partial charge on any atom is 0.221 e. The summed E-state index contributed by atoms with van der Waals surface area (Å²) in [6.45, 7) is 2.98. The van der Waals surface area contributed by atoms with Crippen molar-refractivity contribution in [1.82, 2.24) is 0 Å². The first-order chi connectivity index (χ1) is 10.5. The van der Waals surface area contributed by atoms with Gasteiger partial charge in [0.25, 0.3) is 0 Å². The van der Waals surface area contributed by atoms with E-state index in [0.29, 0.717) is 0 Å². The van der Waals surface area contributed by atoms with E-state index < -0.39 is 0 Å². The summed E-state index contributed by atoms with van der Waals surface area (Å²) in [5.41, 5.74) is 3.71. The Morgan fingerprint density at radius 2 is 1.45 bits per heavy atom. The van der Waals surface area contributed by atoms with Crippen LogP contribution in [-0.4, -0.2) is 18.1 Å². The maximum atomic E-state index is 11.2. The molecule has 0 saturated carbocycles. The first-order valence-corrected chi connectivity index (χ1v) is 8.05. The first-order valence-electron chi connectivity index (χ1n) is 6.83. The summed E-state index contributed by atoms with van der Waals surface area (Å²) in [6, 6.07) is 13.6. The molecule has 0 fully saturated rings. The number of rotatable bonds is 4. The van der Waals surface area contributed by atoms with E-state index in [9.17, 15) is 9.59 Å². The summed E-state index contributed by atoms with van der Waals surface area (Å²) in [4.78, 5) is 23.2. The third kappa shape index (κ3) is 4.11. The third-order valence-corrected chi connectivity index (χ3v) is 3.83. The lowest BCUT2D eigenvalue weighted by atomic mass is 10.0. The van der Waals surface area contributed by atoms with Crippen molar-refractivity contribution in [3.63, 3.8) is 0 Å². The van der Waals surface area contributed by atoms with Gasteiger partial charge in [0.05, 0.1) is 5.69 Å². The molecule has 2 aromatic rings. The van der Waals surface area contributed by atoms with Crippen molar-refractivity contribution in [1.29, 1.82) is 0 Å². The average Bonchev–Trinajstić information content (AvgIpc) is 2.47. The van der Waals surface area contributed by atoms with E-state index in [1.807, 2.05) is 48.7 Å². The number of thioether (sulfide) groups is 1. The van der Waals surface area contributed by atoms with Gasteiger partial charge in [-0.25, -0.2) is 0 Å². The van der Waals surface area contributed by atoms with Crippen LogP contribution in [0.15, 0.2) is 47.4 Å². The van der Waals surface area contributed by atoms with Crippen LogP contribution in [0.4, 0.5) is 11.4 Å². The second-order valence-electron chi connectivity index (χ2n) is 4.85. The second-order valence-corrected chi connectivity index (χ2v) is 5.70. The Kier molecular flexibility index (Phi) is 5.22. The van der Waals surface area contributed by atoms with Gasteiger partial charge in [-0.3, -0.25) is 9.59 Å². The lowest BCUT2D eigenvalue weighted by molar-refractivity contribution is -0.115. The molecule has 2 N–H and O–H groups in total. The van der Waals surface area contributed by atoms with Crippen LogP contribution in [0, 0.1) is 0 Å². The molecule has 0 atom stereocenters. The number of nitrogens with one attached hydrogen (secondary N) is 2. The molecule has 2 aromatic carbocycles. The molecule has 114 valence electrons. The van der Waals surface area contributed by atoms with Crippen molar-refractivity contribution in [3.05, 3.63) is 42.5 Å². The van der Waals surface area contributed by atoms with Gasteiger partial charge in [0.15, 0.2) is 0 Å². The Morgan fingerprint density at radius 3 is 2.00 bits per heavy atom. The molecule has 0 aliphatic carbocycles. The summed E-state index contributed by atoms with van der Waals surface area (Å²) in [5, 5.41) is 5.57. The normalized spacial score (nSPS) is 10.1. The van der Waals surface area contributed by atoms with E-state index in [2.05, 4.69) is 10.6 Å². The topological polar surface area (TPSA) is 58.2 Å². The third-order valence-electron chi connectivity index (χ3n) is 3.05. The van der Waals surface area contributed by atoms with Crippen molar-refractivity contribution >= 4 is 35.0 Å². The molecular formula is C17H18N2O2S. The highest BCUT2D eigenvalue weighted by Crippen LogP contribution is 2.31. The van der Waals surface area contributed by atoms with Gasteiger partial charge in [-0.05, 0) is 41.6 Å². The highest BCUT2D eigenvalue weighted by atomic mass is 32.2. The number of amides is 2. The number of hydrogen-bond donors (Lipinski definition) is 2. The number of hydrogen-bond acceptors (Lipinski definition) is 3. The summed E-state index contributed by atoms with van der Waals surface area (Å²) in [7, 11) is 0. The highest BCUT2D eigenvalue weighted by molar-refractivity contribution is 7.98. The predicted octanol–water partition coefficient (Wildman–Crippen LogP) is 3.99. The second kappa shape index (κ2) is 7.13. The predicted molar refractivity (Wildman–Crippen MR) is 92.3 cm³/mol. The van der Waals surface area contributed by atoms with Crippen LogP contribution < -0.4 is 10.6 Å². The number of carbonyl (C=O) groups excluding carboxylic acids is 2. The smallest absolute Gasteiger partial charge is 0.221 e. The Balaban J connectivity index is 2.28. The monoisotopic (exact) mass is 314 g/mol. The van der Waals surface area contributed by atoms with Crippen molar-refractivity contribution in [2.24, 2.45) is 0 Å². The molecule has 0 heterocycles. The number of benzene rings is 2. The lowest BCUT2D eigenvalue weighted by Crippen LogP contribution is -2.06. The van der Waals surface area contributed by atoms with Gasteiger partial charge < -0.3 is 10.6 Å². The summed E-state index contributed by atoms with van der Waals surface area (Å²) in [6.07, 6.45) is 1.98. The number of carbonyl (C=O) groups is 2. The molecule has 0 bridgehead atoms. The highest BCUT2D eigenvalue weighted by Gasteiger charge is 2.06. The van der Waals surface area contributed by atoms with Crippen LogP contribution in [0.1, 0.15) is 13.8 Å². The van der Waals surface area contributed by atoms with E-state index in [0.717, 1.165) is 27.4 Å². The van der Waals surface area contributed by atoms with E-state index in [4.69, 9.17) is 0 Å². The van der Waals surface area contributed by atoms with Crippen LogP contribution in [-0.2, 0) is 9.59 Å². The molecule has 0 radical (unpaired) electrons. The molecule has 0 aliphatic rings. The van der Waals surface area contributed by atoms with Gasteiger partial charge in [-0.2, -0.15) is 0 Å². The van der Waals surface area contributed by atoms with Crippen LogP contribution in [0.5, 0.6) is 0 Å². The van der Waals surface area contributed by atoms with Crippen LogP contribution in [0.25, 0.3) is 11.1 Å². The average molecular weight is 314 g/mol. The molecule has 4 nitrogen and oxygen atoms in total.